The molecule has 0 amide bonds. The van der Waals surface area contributed by atoms with Gasteiger partial charge in [0.15, 0.2) is 0 Å². The summed E-state index contributed by atoms with van der Waals surface area (Å²) in [6, 6.07) is 5.07. The van der Waals surface area contributed by atoms with Crippen LogP contribution in [0.1, 0.15) is 43.7 Å². The van der Waals surface area contributed by atoms with Gasteiger partial charge in [0.2, 0.25) is 0 Å². The lowest BCUT2D eigenvalue weighted by Gasteiger charge is -2.21. The van der Waals surface area contributed by atoms with Crippen molar-refractivity contribution >= 4 is 11.6 Å². The zero-order chi connectivity index (χ0) is 12.3. The van der Waals surface area contributed by atoms with Crippen molar-refractivity contribution in [1.82, 2.24) is 5.32 Å². The number of hydrogen-bond donors (Lipinski definition) is 1. The molecule has 1 aliphatic carbocycles. The lowest BCUT2D eigenvalue weighted by atomic mass is 9.93. The predicted octanol–water partition coefficient (Wildman–Crippen LogP) is 4.32. The molecule has 1 nitrogen and oxygen atoms in total. The summed E-state index contributed by atoms with van der Waals surface area (Å²) in [5.74, 6) is 0.539. The van der Waals surface area contributed by atoms with Crippen molar-refractivity contribution in [3.63, 3.8) is 0 Å². The van der Waals surface area contributed by atoms with Crippen molar-refractivity contribution in [1.29, 1.82) is 0 Å². The molecule has 1 aromatic carbocycles. The SMILES string of the molecule is CNC(CC1CCCC1)c1ccc(Cl)cc1F. The van der Waals surface area contributed by atoms with Crippen molar-refractivity contribution in [2.45, 2.75) is 38.1 Å². The van der Waals surface area contributed by atoms with Crippen molar-refractivity contribution < 1.29 is 4.39 Å². The number of hydrogen-bond acceptors (Lipinski definition) is 1. The Morgan fingerprint density at radius 1 is 1.41 bits per heavy atom. The first-order valence-electron chi connectivity index (χ1n) is 6.33. The third kappa shape index (κ3) is 3.20. The second-order valence-corrected chi connectivity index (χ2v) is 5.33. The standard InChI is InChI=1S/C14H19ClFN/c1-17-14(8-10-4-2-3-5-10)12-7-6-11(15)9-13(12)16/h6-7,9-10,14,17H,2-5,8H2,1H3. The third-order valence-electron chi connectivity index (χ3n) is 3.73. The first kappa shape index (κ1) is 12.8. The fourth-order valence-electron chi connectivity index (χ4n) is 2.76. The van der Waals surface area contributed by atoms with Gasteiger partial charge in [-0.3, -0.25) is 0 Å². The van der Waals surface area contributed by atoms with Crippen molar-refractivity contribution in [2.75, 3.05) is 7.05 Å². The minimum atomic E-state index is -0.199. The van der Waals surface area contributed by atoms with Gasteiger partial charge in [0.05, 0.1) is 0 Å². The van der Waals surface area contributed by atoms with Crippen LogP contribution in [0.2, 0.25) is 5.02 Å². The van der Waals surface area contributed by atoms with Crippen LogP contribution in [0.3, 0.4) is 0 Å². The summed E-state index contributed by atoms with van der Waals surface area (Å²) in [4.78, 5) is 0. The molecule has 1 atom stereocenters. The molecular formula is C14H19ClFN. The Morgan fingerprint density at radius 3 is 2.71 bits per heavy atom. The molecule has 1 unspecified atom stereocenters. The molecule has 0 aliphatic heterocycles. The Labute approximate surface area is 107 Å². The molecule has 0 radical (unpaired) electrons. The topological polar surface area (TPSA) is 12.0 Å². The molecule has 0 spiro atoms. The van der Waals surface area contributed by atoms with E-state index in [0.29, 0.717) is 5.02 Å². The van der Waals surface area contributed by atoms with E-state index >= 15 is 0 Å². The Morgan fingerprint density at radius 2 is 2.12 bits per heavy atom. The van der Waals surface area contributed by atoms with Crippen LogP contribution >= 0.6 is 11.6 Å². The molecule has 1 aromatic rings. The van der Waals surface area contributed by atoms with Crippen LogP contribution in [0.5, 0.6) is 0 Å². The van der Waals surface area contributed by atoms with Crippen molar-refractivity contribution in [3.8, 4) is 0 Å². The van der Waals surface area contributed by atoms with Gasteiger partial charge in [-0.1, -0.05) is 43.4 Å². The summed E-state index contributed by atoms with van der Waals surface area (Å²) >= 11 is 5.77. The Balaban J connectivity index is 2.10. The Kier molecular flexibility index (Phi) is 4.41. The Bertz CT molecular complexity index is 374. The smallest absolute Gasteiger partial charge is 0.129 e. The molecule has 1 fully saturated rings. The largest absolute Gasteiger partial charge is 0.313 e. The number of halogens is 2. The number of nitrogens with one attached hydrogen (secondary N) is 1. The van der Waals surface area contributed by atoms with Crippen LogP contribution in [0.4, 0.5) is 4.39 Å². The average molecular weight is 256 g/mol. The zero-order valence-electron chi connectivity index (χ0n) is 10.2. The maximum absolute atomic E-state index is 13.8. The third-order valence-corrected chi connectivity index (χ3v) is 3.97. The van der Waals surface area contributed by atoms with Gasteiger partial charge in [0, 0.05) is 16.6 Å². The highest BCUT2D eigenvalue weighted by Gasteiger charge is 2.22. The normalized spacial score (nSPS) is 18.5. The molecule has 1 aliphatic rings. The van der Waals surface area contributed by atoms with Crippen LogP contribution in [-0.2, 0) is 0 Å². The van der Waals surface area contributed by atoms with E-state index in [1.807, 2.05) is 7.05 Å². The van der Waals surface area contributed by atoms with Gasteiger partial charge < -0.3 is 5.32 Å². The predicted molar refractivity (Wildman–Crippen MR) is 69.8 cm³/mol. The van der Waals surface area contributed by atoms with Gasteiger partial charge in [-0.2, -0.15) is 0 Å². The van der Waals surface area contributed by atoms with Crippen LogP contribution in [0.25, 0.3) is 0 Å². The molecule has 2 rings (SSSR count). The molecule has 3 heteroatoms. The van der Waals surface area contributed by atoms with E-state index in [-0.39, 0.29) is 11.9 Å². The zero-order valence-corrected chi connectivity index (χ0v) is 10.9. The second kappa shape index (κ2) is 5.83. The monoisotopic (exact) mass is 255 g/mol. The van der Waals surface area contributed by atoms with E-state index in [1.165, 1.54) is 31.7 Å². The van der Waals surface area contributed by atoms with Gasteiger partial charge in [-0.15, -0.1) is 0 Å². The van der Waals surface area contributed by atoms with Gasteiger partial charge in [-0.05, 0) is 31.5 Å². The summed E-state index contributed by atoms with van der Waals surface area (Å²) in [6.07, 6.45) is 6.24. The summed E-state index contributed by atoms with van der Waals surface area (Å²) in [5, 5.41) is 3.68. The van der Waals surface area contributed by atoms with E-state index in [1.54, 1.807) is 12.1 Å². The maximum atomic E-state index is 13.8. The lowest BCUT2D eigenvalue weighted by molar-refractivity contribution is 0.403. The summed E-state index contributed by atoms with van der Waals surface area (Å²) in [5.41, 5.74) is 0.740. The van der Waals surface area contributed by atoms with E-state index in [9.17, 15) is 4.39 Å². The van der Waals surface area contributed by atoms with Crippen molar-refractivity contribution in [2.24, 2.45) is 5.92 Å². The number of rotatable bonds is 4. The first-order chi connectivity index (χ1) is 8.20. The summed E-state index contributed by atoms with van der Waals surface area (Å²) in [6.45, 7) is 0. The first-order valence-corrected chi connectivity index (χ1v) is 6.70. The van der Waals surface area contributed by atoms with Crippen molar-refractivity contribution in [3.05, 3.63) is 34.6 Å². The quantitative estimate of drug-likeness (QED) is 0.845. The fourth-order valence-corrected chi connectivity index (χ4v) is 2.92. The molecule has 0 heterocycles. The second-order valence-electron chi connectivity index (χ2n) is 4.89. The lowest BCUT2D eigenvalue weighted by Crippen LogP contribution is -2.20. The molecule has 0 aromatic heterocycles. The van der Waals surface area contributed by atoms with Crippen LogP contribution < -0.4 is 5.32 Å². The number of benzene rings is 1. The minimum Gasteiger partial charge on any atom is -0.313 e. The van der Waals surface area contributed by atoms with E-state index in [0.717, 1.165) is 17.9 Å². The van der Waals surface area contributed by atoms with E-state index < -0.39 is 0 Å². The van der Waals surface area contributed by atoms with E-state index in [4.69, 9.17) is 11.6 Å². The van der Waals surface area contributed by atoms with Gasteiger partial charge in [-0.25, -0.2) is 4.39 Å². The molecule has 94 valence electrons. The van der Waals surface area contributed by atoms with Crippen LogP contribution in [-0.4, -0.2) is 7.05 Å². The minimum absolute atomic E-state index is 0.107. The van der Waals surface area contributed by atoms with Crippen LogP contribution in [0, 0.1) is 11.7 Å². The molecule has 17 heavy (non-hydrogen) atoms. The molecular weight excluding hydrogens is 237 g/mol. The van der Waals surface area contributed by atoms with Crippen LogP contribution in [0.15, 0.2) is 18.2 Å². The molecule has 1 N–H and O–H groups in total. The Hall–Kier alpha value is -0.600. The molecule has 1 saturated carbocycles. The summed E-state index contributed by atoms with van der Waals surface area (Å²) in [7, 11) is 1.90. The highest BCUT2D eigenvalue weighted by Crippen LogP contribution is 2.33. The summed E-state index contributed by atoms with van der Waals surface area (Å²) < 4.78 is 13.8. The maximum Gasteiger partial charge on any atom is 0.129 e. The highest BCUT2D eigenvalue weighted by atomic mass is 35.5. The van der Waals surface area contributed by atoms with Gasteiger partial charge in [0.25, 0.3) is 0 Å². The van der Waals surface area contributed by atoms with Gasteiger partial charge >= 0.3 is 0 Å². The van der Waals surface area contributed by atoms with Gasteiger partial charge in [0.1, 0.15) is 5.82 Å². The van der Waals surface area contributed by atoms with E-state index in [2.05, 4.69) is 5.32 Å². The average Bonchev–Trinajstić information content (AvgIpc) is 2.79. The fraction of sp³-hybridized carbons (Fsp3) is 0.571. The molecule has 0 saturated heterocycles. The molecule has 0 bridgehead atoms. The highest BCUT2D eigenvalue weighted by molar-refractivity contribution is 6.30.